The summed E-state index contributed by atoms with van der Waals surface area (Å²) in [6.07, 6.45) is 0.894. The molecule has 2 saturated heterocycles. The van der Waals surface area contributed by atoms with Gasteiger partial charge >= 0.3 is 19.2 Å². The van der Waals surface area contributed by atoms with E-state index in [0.717, 1.165) is 17.4 Å². The van der Waals surface area contributed by atoms with Gasteiger partial charge in [-0.2, -0.15) is 0 Å². The lowest BCUT2D eigenvalue weighted by Crippen LogP contribution is -2.41. The van der Waals surface area contributed by atoms with Crippen LogP contribution in [0.4, 0.5) is 4.79 Å². The molecule has 2 aliphatic rings. The van der Waals surface area contributed by atoms with Crippen LogP contribution in [0.2, 0.25) is 0 Å². The molecular weight excluding hydrogens is 457 g/mol. The highest BCUT2D eigenvalue weighted by atomic mass is 16.7. The largest absolute Gasteiger partial charge is 0.494 e. The van der Waals surface area contributed by atoms with E-state index in [1.807, 2.05) is 87.4 Å². The number of esters is 1. The molecule has 200 valence electrons. The van der Waals surface area contributed by atoms with Crippen molar-refractivity contribution in [1.29, 1.82) is 0 Å². The van der Waals surface area contributed by atoms with Crippen LogP contribution in [-0.2, 0) is 30.0 Å². The number of carbonyl (C=O) groups excluding carboxylic acids is 2. The van der Waals surface area contributed by atoms with Gasteiger partial charge in [-0.1, -0.05) is 24.3 Å². The van der Waals surface area contributed by atoms with Crippen LogP contribution in [0.25, 0.3) is 0 Å². The van der Waals surface area contributed by atoms with Crippen LogP contribution in [-0.4, -0.2) is 59.6 Å². The molecule has 36 heavy (non-hydrogen) atoms. The molecule has 0 spiro atoms. The number of rotatable bonds is 5. The lowest BCUT2D eigenvalue weighted by Gasteiger charge is -2.32. The van der Waals surface area contributed by atoms with Crippen LogP contribution in [0.15, 0.2) is 24.3 Å². The third kappa shape index (κ3) is 7.03. The van der Waals surface area contributed by atoms with Gasteiger partial charge in [0.2, 0.25) is 0 Å². The zero-order chi connectivity index (χ0) is 27.1. The maximum Gasteiger partial charge on any atom is 0.494 e. The summed E-state index contributed by atoms with van der Waals surface area (Å²) in [7, 11) is -0.468. The summed E-state index contributed by atoms with van der Waals surface area (Å²) < 4.78 is 23.8. The predicted molar refractivity (Wildman–Crippen MR) is 141 cm³/mol. The third-order valence-electron chi connectivity index (χ3n) is 7.09. The van der Waals surface area contributed by atoms with Crippen LogP contribution in [0.3, 0.4) is 0 Å². The van der Waals surface area contributed by atoms with Gasteiger partial charge in [-0.25, -0.2) is 4.79 Å². The van der Waals surface area contributed by atoms with E-state index in [1.54, 1.807) is 4.90 Å². The van der Waals surface area contributed by atoms with E-state index in [1.165, 1.54) is 0 Å². The number of ether oxygens (including phenoxy) is 2. The lowest BCUT2D eigenvalue weighted by molar-refractivity contribution is -0.161. The highest BCUT2D eigenvalue weighted by Crippen LogP contribution is 2.37. The number of benzene rings is 1. The fourth-order valence-corrected chi connectivity index (χ4v) is 4.53. The topological polar surface area (TPSA) is 74.3 Å². The second-order valence-corrected chi connectivity index (χ2v) is 13.2. The monoisotopic (exact) mass is 501 g/mol. The Bertz CT molecular complexity index is 946. The SMILES string of the molecule is CC(C)(C)OC(=O)[C@@H](Cc1cccc(B2OC(C)(C)C(C)(C)O2)c1)[C@H]1CCN(C(=O)OC(C)(C)C)C1. The number of nitrogens with zero attached hydrogens (tertiary/aromatic N) is 1. The van der Waals surface area contributed by atoms with Crippen LogP contribution < -0.4 is 5.46 Å². The summed E-state index contributed by atoms with van der Waals surface area (Å²) in [5.41, 5.74) is -0.0786. The van der Waals surface area contributed by atoms with Crippen molar-refractivity contribution in [3.8, 4) is 0 Å². The van der Waals surface area contributed by atoms with Crippen molar-refractivity contribution < 1.29 is 28.4 Å². The second kappa shape index (κ2) is 10.0. The van der Waals surface area contributed by atoms with E-state index in [9.17, 15) is 9.59 Å². The summed E-state index contributed by atoms with van der Waals surface area (Å²) in [6, 6.07) is 8.05. The standard InChI is InChI=1S/C28H44BNO6/c1-25(2,3)33-23(31)22(20-14-15-30(18-20)24(32)34-26(4,5)6)17-19-12-11-13-21(16-19)29-35-27(7,8)28(9,10)36-29/h11-13,16,20,22H,14-15,17-18H2,1-10H3/t20-,22-/m0/s1. The molecule has 2 aliphatic heterocycles. The number of carbonyl (C=O) groups is 2. The molecule has 8 heteroatoms. The summed E-state index contributed by atoms with van der Waals surface area (Å²) in [5, 5.41) is 0. The maximum absolute atomic E-state index is 13.4. The molecule has 0 bridgehead atoms. The molecule has 2 heterocycles. The second-order valence-electron chi connectivity index (χ2n) is 13.2. The molecule has 0 radical (unpaired) electrons. The van der Waals surface area contributed by atoms with Gasteiger partial charge < -0.3 is 23.7 Å². The molecule has 1 aromatic rings. The smallest absolute Gasteiger partial charge is 0.460 e. The van der Waals surface area contributed by atoms with Gasteiger partial charge in [-0.15, -0.1) is 0 Å². The fourth-order valence-electron chi connectivity index (χ4n) is 4.53. The molecule has 3 rings (SSSR count). The van der Waals surface area contributed by atoms with Crippen LogP contribution >= 0.6 is 0 Å². The van der Waals surface area contributed by atoms with Crippen molar-refractivity contribution in [3.05, 3.63) is 29.8 Å². The first-order chi connectivity index (χ1) is 16.4. The number of likely N-dealkylation sites (tertiary alicyclic amines) is 1. The van der Waals surface area contributed by atoms with Gasteiger partial charge in [-0.05, 0) is 99.0 Å². The van der Waals surface area contributed by atoms with Crippen LogP contribution in [0.1, 0.15) is 81.2 Å². The minimum absolute atomic E-state index is 0.0205. The van der Waals surface area contributed by atoms with Crippen molar-refractivity contribution in [2.75, 3.05) is 13.1 Å². The van der Waals surface area contributed by atoms with Crippen molar-refractivity contribution in [2.45, 2.75) is 104 Å². The van der Waals surface area contributed by atoms with Crippen molar-refractivity contribution in [3.63, 3.8) is 0 Å². The summed E-state index contributed by atoms with van der Waals surface area (Å²) >= 11 is 0. The molecule has 0 aliphatic carbocycles. The molecule has 0 unspecified atom stereocenters. The number of hydrogen-bond acceptors (Lipinski definition) is 6. The van der Waals surface area contributed by atoms with Crippen molar-refractivity contribution >= 4 is 24.6 Å². The predicted octanol–water partition coefficient (Wildman–Crippen LogP) is 4.74. The molecule has 2 atom stereocenters. The highest BCUT2D eigenvalue weighted by molar-refractivity contribution is 6.62. The Hall–Kier alpha value is -2.06. The van der Waals surface area contributed by atoms with Crippen molar-refractivity contribution in [1.82, 2.24) is 4.90 Å². The maximum atomic E-state index is 13.4. The minimum atomic E-state index is -0.594. The third-order valence-corrected chi connectivity index (χ3v) is 7.09. The first-order valence-electron chi connectivity index (χ1n) is 13.0. The Morgan fingerprint density at radius 1 is 1.03 bits per heavy atom. The molecule has 1 aromatic carbocycles. The van der Waals surface area contributed by atoms with E-state index in [-0.39, 0.29) is 23.9 Å². The highest BCUT2D eigenvalue weighted by Gasteiger charge is 2.51. The van der Waals surface area contributed by atoms with E-state index in [2.05, 4.69) is 6.07 Å². The molecule has 0 aromatic heterocycles. The molecule has 1 amide bonds. The molecule has 2 fully saturated rings. The zero-order valence-corrected chi connectivity index (χ0v) is 23.8. The zero-order valence-electron chi connectivity index (χ0n) is 23.8. The quantitative estimate of drug-likeness (QED) is 0.429. The van der Waals surface area contributed by atoms with Crippen LogP contribution in [0, 0.1) is 11.8 Å². The molecular formula is C28H44BNO6. The molecule has 7 nitrogen and oxygen atoms in total. The van der Waals surface area contributed by atoms with Gasteiger partial charge in [0.15, 0.2) is 0 Å². The normalized spacial score (nSPS) is 22.4. The Balaban J connectivity index is 1.79. The van der Waals surface area contributed by atoms with E-state index < -0.39 is 29.5 Å². The minimum Gasteiger partial charge on any atom is -0.460 e. The average Bonchev–Trinajstić information content (AvgIpc) is 3.26. The number of amides is 1. The molecule has 0 saturated carbocycles. The Labute approximate surface area is 217 Å². The summed E-state index contributed by atoms with van der Waals surface area (Å²) in [6.45, 7) is 20.4. The Morgan fingerprint density at radius 2 is 1.61 bits per heavy atom. The lowest BCUT2D eigenvalue weighted by atomic mass is 9.77. The Kier molecular flexibility index (Phi) is 7.93. The van der Waals surface area contributed by atoms with E-state index in [4.69, 9.17) is 18.8 Å². The Morgan fingerprint density at radius 3 is 2.17 bits per heavy atom. The molecule has 0 N–H and O–H groups in total. The average molecular weight is 501 g/mol. The van der Waals surface area contributed by atoms with Gasteiger partial charge in [0.25, 0.3) is 0 Å². The van der Waals surface area contributed by atoms with Gasteiger partial charge in [0.05, 0.1) is 17.1 Å². The van der Waals surface area contributed by atoms with Gasteiger partial charge in [-0.3, -0.25) is 4.79 Å². The van der Waals surface area contributed by atoms with Gasteiger partial charge in [0, 0.05) is 13.1 Å². The fraction of sp³-hybridized carbons (Fsp3) is 0.714. The van der Waals surface area contributed by atoms with E-state index >= 15 is 0 Å². The first kappa shape index (κ1) is 28.5. The first-order valence-corrected chi connectivity index (χ1v) is 13.0. The summed E-state index contributed by atoms with van der Waals surface area (Å²) in [4.78, 5) is 27.7. The van der Waals surface area contributed by atoms with Gasteiger partial charge in [0.1, 0.15) is 11.2 Å². The number of hydrogen-bond donors (Lipinski definition) is 0. The van der Waals surface area contributed by atoms with E-state index in [0.29, 0.717) is 19.5 Å². The summed E-state index contributed by atoms with van der Waals surface area (Å²) in [5.74, 6) is -0.641. The van der Waals surface area contributed by atoms with Crippen LogP contribution in [0.5, 0.6) is 0 Å². The van der Waals surface area contributed by atoms with Crippen molar-refractivity contribution in [2.24, 2.45) is 11.8 Å².